The number of nitrogens with zero attached hydrogens (tertiary/aromatic N) is 1. The van der Waals surface area contributed by atoms with Crippen LogP contribution in [0.1, 0.15) is 10.7 Å². The molecule has 0 amide bonds. The van der Waals surface area contributed by atoms with Crippen LogP contribution in [0.15, 0.2) is 5.38 Å². The van der Waals surface area contributed by atoms with Crippen LogP contribution in [0.4, 0.5) is 0 Å². The minimum atomic E-state index is -0.260. The molecule has 1 aromatic heterocycles. The molecular weight excluding hydrogens is 188 g/mol. The summed E-state index contributed by atoms with van der Waals surface area (Å²) in [6.45, 7) is 0.588. The zero-order valence-corrected chi connectivity index (χ0v) is 8.26. The fraction of sp³-hybridized carbons (Fsp3) is 0.500. The van der Waals surface area contributed by atoms with Gasteiger partial charge in [0.25, 0.3) is 0 Å². The normalized spacial score (nSPS) is 10.0. The van der Waals surface area contributed by atoms with Crippen LogP contribution in [0.3, 0.4) is 0 Å². The highest BCUT2D eigenvalue weighted by Gasteiger charge is 2.06. The van der Waals surface area contributed by atoms with Crippen LogP contribution >= 0.6 is 11.3 Å². The molecule has 0 aliphatic carbocycles. The number of methoxy groups -OCH3 is 1. The Morgan fingerprint density at radius 3 is 3.15 bits per heavy atom. The summed E-state index contributed by atoms with van der Waals surface area (Å²) in [4.78, 5) is 15.1. The molecule has 1 heterocycles. The summed E-state index contributed by atoms with van der Waals surface area (Å²) < 4.78 is 4.52. The van der Waals surface area contributed by atoms with Gasteiger partial charge in [0.05, 0.1) is 24.2 Å². The van der Waals surface area contributed by atoms with Gasteiger partial charge in [-0.3, -0.25) is 4.79 Å². The lowest BCUT2D eigenvalue weighted by molar-refractivity contribution is -0.139. The Hall–Kier alpha value is -0.940. The van der Waals surface area contributed by atoms with Crippen LogP contribution in [0.25, 0.3) is 0 Å². The second-order valence-electron chi connectivity index (χ2n) is 2.52. The van der Waals surface area contributed by atoms with Gasteiger partial charge in [0.2, 0.25) is 0 Å². The van der Waals surface area contributed by atoms with Gasteiger partial charge in [-0.25, -0.2) is 4.98 Å². The van der Waals surface area contributed by atoms with Gasteiger partial charge in [-0.2, -0.15) is 0 Å². The van der Waals surface area contributed by atoms with E-state index in [0.717, 1.165) is 17.1 Å². The summed E-state index contributed by atoms with van der Waals surface area (Å²) in [7, 11) is 1.37. The number of thiazole rings is 1. The summed E-state index contributed by atoms with van der Waals surface area (Å²) in [5.74, 6) is -0.260. The molecule has 0 unspecified atom stereocenters. The summed E-state index contributed by atoms with van der Waals surface area (Å²) in [5, 5.41) is 2.84. The molecule has 0 spiro atoms. The monoisotopic (exact) mass is 200 g/mol. The topological polar surface area (TPSA) is 65.2 Å². The van der Waals surface area contributed by atoms with Crippen molar-refractivity contribution in [3.63, 3.8) is 0 Å². The molecule has 0 aliphatic rings. The van der Waals surface area contributed by atoms with E-state index in [9.17, 15) is 4.79 Å². The molecule has 0 aromatic carbocycles. The Morgan fingerprint density at radius 1 is 1.77 bits per heavy atom. The summed E-state index contributed by atoms with van der Waals surface area (Å²) in [6, 6.07) is 0. The molecule has 0 atom stereocenters. The fourth-order valence-electron chi connectivity index (χ4n) is 0.888. The van der Waals surface area contributed by atoms with E-state index < -0.39 is 0 Å². The molecule has 1 aromatic rings. The summed E-state index contributed by atoms with van der Waals surface area (Å²) >= 11 is 1.53. The highest BCUT2D eigenvalue weighted by Crippen LogP contribution is 2.10. The second-order valence-corrected chi connectivity index (χ2v) is 3.47. The molecule has 0 radical (unpaired) electrons. The molecule has 2 N–H and O–H groups in total. The van der Waals surface area contributed by atoms with E-state index in [4.69, 9.17) is 5.73 Å². The van der Waals surface area contributed by atoms with Crippen molar-refractivity contribution in [2.24, 2.45) is 5.73 Å². The molecule has 13 heavy (non-hydrogen) atoms. The molecule has 4 nitrogen and oxygen atoms in total. The van der Waals surface area contributed by atoms with Gasteiger partial charge in [-0.05, 0) is 6.54 Å². The average Bonchev–Trinajstić information content (AvgIpc) is 2.53. The Morgan fingerprint density at radius 2 is 2.54 bits per heavy atom. The van der Waals surface area contributed by atoms with Crippen LogP contribution < -0.4 is 5.73 Å². The predicted molar refractivity (Wildman–Crippen MR) is 50.6 cm³/mol. The van der Waals surface area contributed by atoms with E-state index in [0.29, 0.717) is 6.54 Å². The maximum atomic E-state index is 10.9. The number of carbonyl (C=O) groups is 1. The quantitative estimate of drug-likeness (QED) is 0.713. The highest BCUT2D eigenvalue weighted by atomic mass is 32.1. The number of rotatable bonds is 4. The third-order valence-electron chi connectivity index (χ3n) is 1.51. The van der Waals surface area contributed by atoms with E-state index in [1.54, 1.807) is 0 Å². The van der Waals surface area contributed by atoms with E-state index in [1.165, 1.54) is 18.4 Å². The van der Waals surface area contributed by atoms with Crippen LogP contribution in [-0.4, -0.2) is 24.6 Å². The van der Waals surface area contributed by atoms with Crippen LogP contribution in [0.2, 0.25) is 0 Å². The molecule has 5 heteroatoms. The number of hydrogen-bond acceptors (Lipinski definition) is 5. The first kappa shape index (κ1) is 10.1. The average molecular weight is 200 g/mol. The van der Waals surface area contributed by atoms with Crippen LogP contribution in [0.5, 0.6) is 0 Å². The van der Waals surface area contributed by atoms with E-state index >= 15 is 0 Å². The molecular formula is C8H12N2O2S. The lowest BCUT2D eigenvalue weighted by Crippen LogP contribution is -2.05. The van der Waals surface area contributed by atoms with Crippen molar-refractivity contribution in [2.45, 2.75) is 12.8 Å². The molecule has 0 saturated carbocycles. The van der Waals surface area contributed by atoms with Crippen molar-refractivity contribution in [1.82, 2.24) is 4.98 Å². The largest absolute Gasteiger partial charge is 0.469 e. The summed E-state index contributed by atoms with van der Waals surface area (Å²) in [5.41, 5.74) is 6.14. The molecule has 0 saturated heterocycles. The van der Waals surface area contributed by atoms with Crippen molar-refractivity contribution in [1.29, 1.82) is 0 Å². The predicted octanol–water partition coefficient (Wildman–Crippen LogP) is 0.360. The number of ether oxygens (including phenoxy) is 1. The number of hydrogen-bond donors (Lipinski definition) is 1. The maximum Gasteiger partial charge on any atom is 0.311 e. The smallest absolute Gasteiger partial charge is 0.311 e. The Balaban J connectivity index is 2.53. The zero-order chi connectivity index (χ0) is 9.68. The first-order valence-electron chi connectivity index (χ1n) is 3.96. The lowest BCUT2D eigenvalue weighted by atomic mass is 10.3. The van der Waals surface area contributed by atoms with Gasteiger partial charge in [-0.1, -0.05) is 0 Å². The van der Waals surface area contributed by atoms with Gasteiger partial charge in [0, 0.05) is 11.8 Å². The third kappa shape index (κ3) is 3.12. The van der Waals surface area contributed by atoms with Crippen molar-refractivity contribution >= 4 is 17.3 Å². The molecule has 72 valence electrons. The first-order valence-corrected chi connectivity index (χ1v) is 4.84. The molecule has 0 aliphatic heterocycles. The minimum Gasteiger partial charge on any atom is -0.469 e. The van der Waals surface area contributed by atoms with Gasteiger partial charge >= 0.3 is 5.97 Å². The Labute approximate surface area is 80.7 Å². The molecule has 0 bridgehead atoms. The highest BCUT2D eigenvalue weighted by molar-refractivity contribution is 7.09. The van der Waals surface area contributed by atoms with Crippen LogP contribution in [-0.2, 0) is 22.4 Å². The van der Waals surface area contributed by atoms with E-state index in [2.05, 4.69) is 9.72 Å². The Kier molecular flexibility index (Phi) is 3.85. The van der Waals surface area contributed by atoms with Gasteiger partial charge in [-0.15, -0.1) is 11.3 Å². The number of carbonyl (C=O) groups excluding carboxylic acids is 1. The van der Waals surface area contributed by atoms with Crippen molar-refractivity contribution in [3.05, 3.63) is 16.1 Å². The number of nitrogens with two attached hydrogens (primary N) is 1. The van der Waals surface area contributed by atoms with E-state index in [1.807, 2.05) is 5.38 Å². The Bertz CT molecular complexity index is 285. The van der Waals surface area contributed by atoms with Crippen molar-refractivity contribution in [3.8, 4) is 0 Å². The number of esters is 1. The van der Waals surface area contributed by atoms with E-state index in [-0.39, 0.29) is 12.4 Å². The summed E-state index contributed by atoms with van der Waals surface area (Å²) in [6.07, 6.45) is 1.02. The third-order valence-corrected chi connectivity index (χ3v) is 2.47. The molecule has 1 rings (SSSR count). The molecule has 0 fully saturated rings. The number of aromatic nitrogens is 1. The van der Waals surface area contributed by atoms with Gasteiger partial charge < -0.3 is 10.5 Å². The SMILES string of the molecule is COC(=O)Cc1csc(CCN)n1. The lowest BCUT2D eigenvalue weighted by Gasteiger charge is -1.94. The maximum absolute atomic E-state index is 10.9. The van der Waals surface area contributed by atoms with Gasteiger partial charge in [0.15, 0.2) is 0 Å². The van der Waals surface area contributed by atoms with Crippen molar-refractivity contribution in [2.75, 3.05) is 13.7 Å². The fourth-order valence-corrected chi connectivity index (χ4v) is 1.70. The first-order chi connectivity index (χ1) is 6.26. The van der Waals surface area contributed by atoms with Crippen LogP contribution in [0, 0.1) is 0 Å². The standard InChI is InChI=1S/C8H12N2O2S/c1-12-8(11)4-6-5-13-7(10-6)2-3-9/h5H,2-4,9H2,1H3. The zero-order valence-electron chi connectivity index (χ0n) is 7.45. The van der Waals surface area contributed by atoms with Gasteiger partial charge in [0.1, 0.15) is 0 Å². The van der Waals surface area contributed by atoms with Crippen molar-refractivity contribution < 1.29 is 9.53 Å². The second kappa shape index (κ2) is 4.94. The minimum absolute atomic E-state index is 0.248.